The Morgan fingerprint density at radius 2 is 1.47 bits per heavy atom. The van der Waals surface area contributed by atoms with Crippen molar-refractivity contribution in [1.29, 1.82) is 0 Å². The Bertz CT molecular complexity index is 1390. The molecule has 0 atom stereocenters. The number of anilines is 1. The summed E-state index contributed by atoms with van der Waals surface area (Å²) in [5.74, 6) is 2.37. The molecule has 1 aliphatic rings. The van der Waals surface area contributed by atoms with E-state index in [0.29, 0.717) is 0 Å². The third kappa shape index (κ3) is 2.86. The minimum atomic E-state index is 0.205. The van der Waals surface area contributed by atoms with Gasteiger partial charge in [-0.1, -0.05) is 97.0 Å². The van der Waals surface area contributed by atoms with E-state index >= 15 is 0 Å². The van der Waals surface area contributed by atoms with Crippen molar-refractivity contribution in [3.05, 3.63) is 114 Å². The highest BCUT2D eigenvalue weighted by Gasteiger charge is 2.30. The van der Waals surface area contributed by atoms with Crippen molar-refractivity contribution in [1.82, 2.24) is 0 Å². The summed E-state index contributed by atoms with van der Waals surface area (Å²) < 4.78 is 2.75. The zero-order valence-corrected chi connectivity index (χ0v) is 17.3. The smallest absolute Gasteiger partial charge is 0.317 e. The first kappa shape index (κ1) is 17.6. The van der Waals surface area contributed by atoms with Crippen molar-refractivity contribution in [2.75, 3.05) is 4.81 Å². The van der Waals surface area contributed by atoms with Gasteiger partial charge in [0.05, 0.1) is 0 Å². The molecule has 5 aromatic rings. The predicted molar refractivity (Wildman–Crippen MR) is 133 cm³/mol. The molecule has 0 aliphatic carbocycles. The van der Waals surface area contributed by atoms with Crippen LogP contribution in [0.25, 0.3) is 26.2 Å². The summed E-state index contributed by atoms with van der Waals surface area (Å²) in [6.45, 7) is 1.09. The normalized spacial score (nSPS) is 13.2. The number of nitrogens with zero attached hydrogens (tertiary/aromatic N) is 1. The van der Waals surface area contributed by atoms with E-state index in [2.05, 4.69) is 114 Å². The first-order chi connectivity index (χ1) is 14.9. The molecular formula is C27H20BNS. The third-order valence-electron chi connectivity index (χ3n) is 5.99. The van der Waals surface area contributed by atoms with Gasteiger partial charge < -0.3 is 4.81 Å². The molecule has 6 rings (SSSR count). The van der Waals surface area contributed by atoms with E-state index in [1.165, 1.54) is 42.4 Å². The molecule has 0 fully saturated rings. The van der Waals surface area contributed by atoms with Crippen molar-refractivity contribution in [3.63, 3.8) is 0 Å². The number of hydrogen-bond donors (Lipinski definition) is 0. The lowest BCUT2D eigenvalue weighted by atomic mass is 9.52. The number of fused-ring (bicyclic) bond motifs is 4. The second-order valence-electron chi connectivity index (χ2n) is 7.80. The standard InChI is InChI=1S/C27H20BNS/c1-2-9-20(10-3-1)19-29-25-15-6-4-11-21(25)17-18-28(29)24-14-8-13-23-22-12-5-7-16-26(22)30-27(23)24/h1-18H,19H2. The van der Waals surface area contributed by atoms with E-state index in [9.17, 15) is 0 Å². The van der Waals surface area contributed by atoms with Gasteiger partial charge >= 0.3 is 6.85 Å². The molecule has 30 heavy (non-hydrogen) atoms. The van der Waals surface area contributed by atoms with Gasteiger partial charge in [0.15, 0.2) is 0 Å². The summed E-state index contributed by atoms with van der Waals surface area (Å²) in [7, 11) is 0. The van der Waals surface area contributed by atoms with Crippen molar-refractivity contribution in [2.24, 2.45) is 0 Å². The monoisotopic (exact) mass is 401 g/mol. The summed E-state index contributed by atoms with van der Waals surface area (Å²) in [5.41, 5.74) is 5.30. The van der Waals surface area contributed by atoms with Gasteiger partial charge in [0.1, 0.15) is 0 Å². The Balaban J connectivity index is 1.54. The molecule has 0 bridgehead atoms. The van der Waals surface area contributed by atoms with Crippen LogP contribution >= 0.6 is 11.3 Å². The zero-order valence-electron chi connectivity index (χ0n) is 16.5. The average molecular weight is 401 g/mol. The number of benzene rings is 4. The summed E-state index contributed by atoms with van der Waals surface area (Å²) in [6, 6.07) is 35.0. The Kier molecular flexibility index (Phi) is 4.21. The molecule has 3 heteroatoms. The molecule has 0 amide bonds. The molecule has 0 N–H and O–H groups in total. The third-order valence-corrected chi connectivity index (χ3v) is 7.22. The molecule has 1 aromatic heterocycles. The molecule has 1 nitrogen and oxygen atoms in total. The van der Waals surface area contributed by atoms with Crippen LogP contribution in [-0.2, 0) is 6.54 Å². The van der Waals surface area contributed by atoms with Gasteiger partial charge in [0, 0.05) is 27.0 Å². The second-order valence-corrected chi connectivity index (χ2v) is 8.85. The van der Waals surface area contributed by atoms with E-state index < -0.39 is 0 Å². The average Bonchev–Trinajstić information content (AvgIpc) is 3.19. The first-order valence-electron chi connectivity index (χ1n) is 10.4. The van der Waals surface area contributed by atoms with Crippen molar-refractivity contribution in [3.8, 4) is 0 Å². The van der Waals surface area contributed by atoms with Crippen LogP contribution in [0.2, 0.25) is 0 Å². The van der Waals surface area contributed by atoms with E-state index in [-0.39, 0.29) is 6.85 Å². The van der Waals surface area contributed by atoms with Crippen LogP contribution in [0.1, 0.15) is 11.1 Å². The maximum atomic E-state index is 2.55. The number of hydrogen-bond acceptors (Lipinski definition) is 2. The highest BCUT2D eigenvalue weighted by Crippen LogP contribution is 2.35. The molecule has 0 spiro atoms. The molecule has 0 radical (unpaired) electrons. The van der Waals surface area contributed by atoms with Gasteiger partial charge in [0.25, 0.3) is 0 Å². The van der Waals surface area contributed by atoms with Crippen LogP contribution in [0, 0.1) is 0 Å². The van der Waals surface area contributed by atoms with Gasteiger partial charge in [-0.25, -0.2) is 0 Å². The highest BCUT2D eigenvalue weighted by atomic mass is 32.1. The topological polar surface area (TPSA) is 3.24 Å². The Morgan fingerprint density at radius 1 is 0.700 bits per heavy atom. The molecule has 0 saturated heterocycles. The summed E-state index contributed by atoms with van der Waals surface area (Å²) in [5, 5.41) is 2.72. The molecule has 0 unspecified atom stereocenters. The molecule has 1 aliphatic heterocycles. The molecule has 2 heterocycles. The quantitative estimate of drug-likeness (QED) is 0.311. The highest BCUT2D eigenvalue weighted by molar-refractivity contribution is 7.27. The molecular weight excluding hydrogens is 381 g/mol. The fourth-order valence-electron chi connectivity index (χ4n) is 4.58. The fraction of sp³-hybridized carbons (Fsp3) is 0.0370. The van der Waals surface area contributed by atoms with Crippen molar-refractivity contribution < 1.29 is 0 Å². The van der Waals surface area contributed by atoms with E-state index in [4.69, 9.17) is 0 Å². The Hall–Kier alpha value is -3.30. The SMILES string of the molecule is C1=Cc2ccccc2N(Cc2ccccc2)B1c1cccc2c1sc1ccccc12. The number of thiophene rings is 1. The summed E-state index contributed by atoms with van der Waals surface area (Å²) in [4.78, 5) is 2.55. The van der Waals surface area contributed by atoms with E-state index in [0.717, 1.165) is 6.54 Å². The van der Waals surface area contributed by atoms with Gasteiger partial charge in [-0.05, 0) is 34.1 Å². The van der Waals surface area contributed by atoms with Crippen LogP contribution in [0.5, 0.6) is 0 Å². The van der Waals surface area contributed by atoms with Gasteiger partial charge in [-0.3, -0.25) is 0 Å². The largest absolute Gasteiger partial charge is 0.403 e. The number of rotatable bonds is 3. The van der Waals surface area contributed by atoms with Crippen LogP contribution in [0.15, 0.2) is 103 Å². The lowest BCUT2D eigenvalue weighted by Gasteiger charge is -2.34. The Morgan fingerprint density at radius 3 is 2.40 bits per heavy atom. The minimum absolute atomic E-state index is 0.205. The minimum Gasteiger partial charge on any atom is -0.403 e. The van der Waals surface area contributed by atoms with Crippen LogP contribution in [-0.4, -0.2) is 6.85 Å². The van der Waals surface area contributed by atoms with Crippen LogP contribution in [0.3, 0.4) is 0 Å². The van der Waals surface area contributed by atoms with Gasteiger partial charge in [-0.15, -0.1) is 11.3 Å². The number of para-hydroxylation sites is 1. The van der Waals surface area contributed by atoms with Crippen molar-refractivity contribution in [2.45, 2.75) is 6.54 Å². The van der Waals surface area contributed by atoms with E-state index in [1.54, 1.807) is 0 Å². The second kappa shape index (κ2) is 7.19. The van der Waals surface area contributed by atoms with Crippen molar-refractivity contribution >= 4 is 55.6 Å². The lowest BCUT2D eigenvalue weighted by molar-refractivity contribution is 1.02. The van der Waals surface area contributed by atoms with E-state index in [1.807, 2.05) is 11.3 Å². The van der Waals surface area contributed by atoms with Gasteiger partial charge in [0.2, 0.25) is 0 Å². The molecule has 142 valence electrons. The van der Waals surface area contributed by atoms with Gasteiger partial charge in [-0.2, -0.15) is 0 Å². The lowest BCUT2D eigenvalue weighted by Crippen LogP contribution is -2.48. The Labute approximate surface area is 181 Å². The summed E-state index contributed by atoms with van der Waals surface area (Å²) in [6.07, 6.45) is 2.29. The molecule has 0 saturated carbocycles. The van der Waals surface area contributed by atoms with Crippen LogP contribution in [0.4, 0.5) is 5.69 Å². The maximum Gasteiger partial charge on any atom is 0.317 e. The zero-order chi connectivity index (χ0) is 19.9. The predicted octanol–water partition coefficient (Wildman–Crippen LogP) is 6.53. The van der Waals surface area contributed by atoms with Crippen LogP contribution < -0.4 is 10.3 Å². The fourth-order valence-corrected chi connectivity index (χ4v) is 5.82. The summed E-state index contributed by atoms with van der Waals surface area (Å²) >= 11 is 1.91. The first-order valence-corrected chi connectivity index (χ1v) is 11.2. The molecule has 4 aromatic carbocycles. The maximum absolute atomic E-state index is 2.55.